The van der Waals surface area contributed by atoms with Crippen LogP contribution in [0.4, 0.5) is 5.69 Å². The van der Waals surface area contributed by atoms with Crippen LogP contribution in [0.5, 0.6) is 0 Å². The second kappa shape index (κ2) is 5.92. The molecule has 108 valence electrons. The molecule has 0 spiro atoms. The molecule has 1 saturated heterocycles. The van der Waals surface area contributed by atoms with Gasteiger partial charge in [-0.3, -0.25) is 9.59 Å². The first-order chi connectivity index (χ1) is 9.54. The van der Waals surface area contributed by atoms with Gasteiger partial charge in [-0.2, -0.15) is 0 Å². The number of para-hydroxylation sites is 1. The molecule has 0 bridgehead atoms. The van der Waals surface area contributed by atoms with Crippen molar-refractivity contribution in [1.29, 1.82) is 0 Å². The van der Waals surface area contributed by atoms with Crippen LogP contribution in [0.1, 0.15) is 23.7 Å². The number of aliphatic hydroxyl groups excluding tert-OH is 1. The Kier molecular flexibility index (Phi) is 4.24. The molecular weight excluding hydrogens is 258 g/mol. The highest BCUT2D eigenvalue weighted by atomic mass is 16.3. The number of likely N-dealkylation sites (tertiary alicyclic amines) is 1. The van der Waals surface area contributed by atoms with Gasteiger partial charge in [-0.1, -0.05) is 12.1 Å². The van der Waals surface area contributed by atoms with Gasteiger partial charge in [-0.15, -0.1) is 0 Å². The van der Waals surface area contributed by atoms with Crippen LogP contribution < -0.4 is 11.1 Å². The lowest BCUT2D eigenvalue weighted by molar-refractivity contribution is -0.121. The topological polar surface area (TPSA) is 95.7 Å². The van der Waals surface area contributed by atoms with Crippen molar-refractivity contribution in [1.82, 2.24) is 4.90 Å². The van der Waals surface area contributed by atoms with Crippen molar-refractivity contribution in [3.63, 3.8) is 0 Å². The monoisotopic (exact) mass is 277 g/mol. The number of carbonyl (C=O) groups is 2. The van der Waals surface area contributed by atoms with E-state index in [2.05, 4.69) is 5.32 Å². The van der Waals surface area contributed by atoms with Crippen LogP contribution in [-0.2, 0) is 4.79 Å². The molecule has 4 N–H and O–H groups in total. The van der Waals surface area contributed by atoms with Crippen LogP contribution in [0, 0.1) is 0 Å². The van der Waals surface area contributed by atoms with Gasteiger partial charge in [0.1, 0.15) is 6.04 Å². The molecule has 20 heavy (non-hydrogen) atoms. The van der Waals surface area contributed by atoms with Gasteiger partial charge in [0.25, 0.3) is 5.91 Å². The molecule has 2 unspecified atom stereocenters. The Labute approximate surface area is 117 Å². The summed E-state index contributed by atoms with van der Waals surface area (Å²) in [7, 11) is 0. The number of nitrogens with two attached hydrogens (primary N) is 1. The predicted octanol–water partition coefficient (Wildman–Crippen LogP) is 0.179. The number of nitrogens with zero attached hydrogens (tertiary/aromatic N) is 1. The van der Waals surface area contributed by atoms with Crippen molar-refractivity contribution in [3.8, 4) is 0 Å². The second-order valence-corrected chi connectivity index (χ2v) is 4.84. The first-order valence-corrected chi connectivity index (χ1v) is 6.65. The van der Waals surface area contributed by atoms with Crippen LogP contribution >= 0.6 is 0 Å². The number of hydrogen-bond acceptors (Lipinski definition) is 4. The molecule has 1 aliphatic heterocycles. The number of primary amides is 1. The third kappa shape index (κ3) is 2.75. The van der Waals surface area contributed by atoms with E-state index in [-0.39, 0.29) is 18.9 Å². The maximum atomic E-state index is 12.6. The number of carbonyl (C=O) groups excluding carboxylic acids is 2. The molecule has 6 heteroatoms. The summed E-state index contributed by atoms with van der Waals surface area (Å²) in [6, 6.07) is 6.36. The van der Waals surface area contributed by atoms with E-state index in [0.29, 0.717) is 17.8 Å². The molecular formula is C14H19N3O3. The fourth-order valence-corrected chi connectivity index (χ4v) is 2.48. The van der Waals surface area contributed by atoms with Crippen LogP contribution in [0.3, 0.4) is 0 Å². The summed E-state index contributed by atoms with van der Waals surface area (Å²) in [5, 5.41) is 12.8. The van der Waals surface area contributed by atoms with Gasteiger partial charge in [-0.25, -0.2) is 0 Å². The number of amides is 2. The quantitative estimate of drug-likeness (QED) is 0.731. The molecule has 1 aliphatic rings. The Bertz CT molecular complexity index is 518. The van der Waals surface area contributed by atoms with Crippen LogP contribution in [-0.4, -0.2) is 47.1 Å². The average molecular weight is 277 g/mol. The molecule has 1 heterocycles. The van der Waals surface area contributed by atoms with Crippen molar-refractivity contribution >= 4 is 17.5 Å². The van der Waals surface area contributed by atoms with Gasteiger partial charge in [0.2, 0.25) is 5.91 Å². The summed E-state index contributed by atoms with van der Waals surface area (Å²) in [5.41, 5.74) is 6.50. The third-order valence-electron chi connectivity index (χ3n) is 3.39. The molecule has 1 aromatic rings. The number of aliphatic hydroxyl groups is 1. The lowest BCUT2D eigenvalue weighted by Gasteiger charge is -2.23. The normalized spacial score (nSPS) is 21.8. The van der Waals surface area contributed by atoms with Gasteiger partial charge in [0.15, 0.2) is 0 Å². The first kappa shape index (κ1) is 14.3. The maximum absolute atomic E-state index is 12.6. The molecule has 0 aliphatic carbocycles. The maximum Gasteiger partial charge on any atom is 0.256 e. The van der Waals surface area contributed by atoms with E-state index in [1.54, 1.807) is 12.1 Å². The van der Waals surface area contributed by atoms with Gasteiger partial charge < -0.3 is 21.1 Å². The van der Waals surface area contributed by atoms with E-state index < -0.39 is 18.1 Å². The number of benzene rings is 1. The Morgan fingerprint density at radius 3 is 2.80 bits per heavy atom. The van der Waals surface area contributed by atoms with Crippen molar-refractivity contribution in [2.75, 3.05) is 18.4 Å². The van der Waals surface area contributed by atoms with E-state index in [1.807, 2.05) is 19.1 Å². The zero-order chi connectivity index (χ0) is 14.7. The van der Waals surface area contributed by atoms with Gasteiger partial charge in [0.05, 0.1) is 11.7 Å². The number of rotatable bonds is 4. The van der Waals surface area contributed by atoms with E-state index in [9.17, 15) is 14.7 Å². The minimum absolute atomic E-state index is 0.132. The summed E-state index contributed by atoms with van der Waals surface area (Å²) in [6.07, 6.45) is -0.507. The highest BCUT2D eigenvalue weighted by molar-refractivity contribution is 6.02. The Morgan fingerprint density at radius 1 is 1.45 bits per heavy atom. The molecule has 0 aromatic heterocycles. The summed E-state index contributed by atoms with van der Waals surface area (Å²) in [5.74, 6) is -0.877. The minimum Gasteiger partial charge on any atom is -0.391 e. The number of hydrogen-bond donors (Lipinski definition) is 3. The highest BCUT2D eigenvalue weighted by Crippen LogP contribution is 2.24. The second-order valence-electron chi connectivity index (χ2n) is 4.84. The lowest BCUT2D eigenvalue weighted by atomic mass is 10.1. The summed E-state index contributed by atoms with van der Waals surface area (Å²) in [4.78, 5) is 25.3. The number of anilines is 1. The standard InChI is InChI=1S/C14H19N3O3/c1-2-16-11-6-4-3-5-10(11)14(20)17-8-9(18)7-12(17)13(15)19/h3-6,9,12,16,18H,2,7-8H2,1H3,(H2,15,19). The summed E-state index contributed by atoms with van der Waals surface area (Å²) in [6.45, 7) is 2.76. The highest BCUT2D eigenvalue weighted by Gasteiger charge is 2.38. The number of nitrogens with one attached hydrogen (secondary N) is 1. The average Bonchev–Trinajstić information content (AvgIpc) is 2.81. The molecule has 6 nitrogen and oxygen atoms in total. The van der Waals surface area contributed by atoms with Crippen LogP contribution in [0.2, 0.25) is 0 Å². The summed E-state index contributed by atoms with van der Waals surface area (Å²) >= 11 is 0. The summed E-state index contributed by atoms with van der Waals surface area (Å²) < 4.78 is 0. The molecule has 2 amide bonds. The van der Waals surface area contributed by atoms with E-state index >= 15 is 0 Å². The molecule has 1 aromatic carbocycles. The van der Waals surface area contributed by atoms with E-state index in [1.165, 1.54) is 4.90 Å². The zero-order valence-electron chi connectivity index (χ0n) is 11.4. The zero-order valence-corrected chi connectivity index (χ0v) is 11.4. The van der Waals surface area contributed by atoms with Crippen molar-refractivity contribution in [2.24, 2.45) is 5.73 Å². The molecule has 0 saturated carbocycles. The van der Waals surface area contributed by atoms with E-state index in [4.69, 9.17) is 5.73 Å². The fraction of sp³-hybridized carbons (Fsp3) is 0.429. The molecule has 1 fully saturated rings. The molecule has 2 rings (SSSR count). The molecule has 0 radical (unpaired) electrons. The van der Waals surface area contributed by atoms with Crippen molar-refractivity contribution < 1.29 is 14.7 Å². The van der Waals surface area contributed by atoms with Crippen LogP contribution in [0.25, 0.3) is 0 Å². The fourth-order valence-electron chi connectivity index (χ4n) is 2.48. The Balaban J connectivity index is 2.29. The Hall–Kier alpha value is -2.08. The SMILES string of the molecule is CCNc1ccccc1C(=O)N1CC(O)CC1C(N)=O. The van der Waals surface area contributed by atoms with Gasteiger partial charge in [-0.05, 0) is 19.1 Å². The largest absolute Gasteiger partial charge is 0.391 e. The Morgan fingerprint density at radius 2 is 2.15 bits per heavy atom. The molecule has 2 atom stereocenters. The number of β-amino-alcohol motifs (C(OH)–C–C–N with tert-alkyl or cyclic N) is 1. The van der Waals surface area contributed by atoms with Crippen molar-refractivity contribution in [3.05, 3.63) is 29.8 Å². The van der Waals surface area contributed by atoms with Crippen molar-refractivity contribution in [2.45, 2.75) is 25.5 Å². The minimum atomic E-state index is -0.743. The van der Waals surface area contributed by atoms with Gasteiger partial charge >= 0.3 is 0 Å². The van der Waals surface area contributed by atoms with E-state index in [0.717, 1.165) is 0 Å². The first-order valence-electron chi connectivity index (χ1n) is 6.65. The van der Waals surface area contributed by atoms with Crippen LogP contribution in [0.15, 0.2) is 24.3 Å². The smallest absolute Gasteiger partial charge is 0.256 e. The predicted molar refractivity (Wildman–Crippen MR) is 75.2 cm³/mol. The van der Waals surface area contributed by atoms with Gasteiger partial charge in [0, 0.05) is 25.2 Å². The lowest BCUT2D eigenvalue weighted by Crippen LogP contribution is -2.43. The third-order valence-corrected chi connectivity index (χ3v) is 3.39.